The van der Waals surface area contributed by atoms with Crippen molar-refractivity contribution in [3.05, 3.63) is 23.3 Å². The molecule has 0 saturated carbocycles. The molecule has 5 nitrogen and oxygen atoms in total. The van der Waals surface area contributed by atoms with E-state index in [1.54, 1.807) is 4.90 Å². The van der Waals surface area contributed by atoms with E-state index in [9.17, 15) is 4.79 Å². The van der Waals surface area contributed by atoms with Crippen molar-refractivity contribution in [2.75, 3.05) is 11.4 Å². The van der Waals surface area contributed by atoms with Crippen molar-refractivity contribution in [1.82, 2.24) is 0 Å². The van der Waals surface area contributed by atoms with Gasteiger partial charge in [-0.25, -0.2) is 4.79 Å². The number of cyclic esters (lactones) is 1. The summed E-state index contributed by atoms with van der Waals surface area (Å²) in [4.78, 5) is 13.8. The Labute approximate surface area is 150 Å². The van der Waals surface area contributed by atoms with Gasteiger partial charge in [0.1, 0.15) is 6.10 Å². The molecule has 25 heavy (non-hydrogen) atoms. The Hall–Kier alpha value is -1.53. The lowest BCUT2D eigenvalue weighted by atomic mass is 9.73. The fraction of sp³-hybridized carbons (Fsp3) is 0.632. The van der Waals surface area contributed by atoms with Crippen LogP contribution in [-0.2, 0) is 14.0 Å². The van der Waals surface area contributed by atoms with Crippen LogP contribution in [0.4, 0.5) is 10.5 Å². The summed E-state index contributed by atoms with van der Waals surface area (Å²) in [6.45, 7) is 14.9. The zero-order chi connectivity index (χ0) is 18.6. The van der Waals surface area contributed by atoms with Gasteiger partial charge >= 0.3 is 13.2 Å². The molecule has 0 radical (unpaired) electrons. The second-order valence-electron chi connectivity index (χ2n) is 8.11. The lowest BCUT2D eigenvalue weighted by Gasteiger charge is -2.32. The number of amides is 1. The number of benzene rings is 1. The molecule has 0 aliphatic carbocycles. The molecule has 0 spiro atoms. The molecule has 2 saturated heterocycles. The van der Waals surface area contributed by atoms with Crippen LogP contribution in [0.1, 0.15) is 52.2 Å². The van der Waals surface area contributed by atoms with Crippen molar-refractivity contribution >= 4 is 24.4 Å². The number of ether oxygens (including phenoxy) is 1. The SMILES string of the molecule is CCC1CN(c2cc(C)c(B3OC(C)(C)C(C)(C)O3)c(C)c2)C(=O)O1. The topological polar surface area (TPSA) is 48.0 Å². The minimum atomic E-state index is -0.395. The number of nitrogens with zero attached hydrogens (tertiary/aromatic N) is 1. The van der Waals surface area contributed by atoms with Crippen LogP contribution >= 0.6 is 0 Å². The van der Waals surface area contributed by atoms with Gasteiger partial charge in [-0.05, 0) is 76.7 Å². The highest BCUT2D eigenvalue weighted by Gasteiger charge is 2.52. The van der Waals surface area contributed by atoms with Crippen LogP contribution in [0.3, 0.4) is 0 Å². The first-order chi connectivity index (χ1) is 11.6. The molecule has 1 atom stereocenters. The summed E-state index contributed by atoms with van der Waals surface area (Å²) in [5, 5.41) is 0. The van der Waals surface area contributed by atoms with E-state index in [1.807, 2.05) is 32.9 Å². The number of hydrogen-bond donors (Lipinski definition) is 0. The number of rotatable bonds is 3. The molecule has 6 heteroatoms. The highest BCUT2D eigenvalue weighted by atomic mass is 16.7. The zero-order valence-corrected chi connectivity index (χ0v) is 16.3. The van der Waals surface area contributed by atoms with Gasteiger partial charge in [0, 0.05) is 5.69 Å². The van der Waals surface area contributed by atoms with E-state index in [1.165, 1.54) is 0 Å². The summed E-state index contributed by atoms with van der Waals surface area (Å²) < 4.78 is 17.8. The number of aryl methyl sites for hydroxylation is 2. The Balaban J connectivity index is 1.91. The summed E-state index contributed by atoms with van der Waals surface area (Å²) >= 11 is 0. The predicted molar refractivity (Wildman–Crippen MR) is 99.5 cm³/mol. The summed E-state index contributed by atoms with van der Waals surface area (Å²) in [7, 11) is -0.395. The molecule has 1 aromatic rings. The molecule has 2 heterocycles. The average Bonchev–Trinajstić information content (AvgIpc) is 2.95. The predicted octanol–water partition coefficient (Wildman–Crippen LogP) is 3.34. The second-order valence-corrected chi connectivity index (χ2v) is 8.11. The van der Waals surface area contributed by atoms with Gasteiger partial charge in [-0.2, -0.15) is 0 Å². The summed E-state index contributed by atoms with van der Waals surface area (Å²) in [6.07, 6.45) is 0.525. The summed E-state index contributed by atoms with van der Waals surface area (Å²) in [5.41, 5.74) is 3.28. The maximum Gasteiger partial charge on any atom is 0.495 e. The molecular formula is C19H28BNO4. The Kier molecular flexibility index (Phi) is 4.40. The van der Waals surface area contributed by atoms with Crippen LogP contribution in [0.2, 0.25) is 0 Å². The van der Waals surface area contributed by atoms with Crippen LogP contribution in [0.15, 0.2) is 12.1 Å². The van der Waals surface area contributed by atoms with Crippen molar-refractivity contribution < 1.29 is 18.8 Å². The lowest BCUT2D eigenvalue weighted by molar-refractivity contribution is 0.00578. The normalized spacial score (nSPS) is 24.8. The number of carbonyl (C=O) groups excluding carboxylic acids is 1. The Morgan fingerprint density at radius 2 is 1.64 bits per heavy atom. The van der Waals surface area contributed by atoms with Gasteiger partial charge in [-0.3, -0.25) is 4.90 Å². The van der Waals surface area contributed by atoms with E-state index in [0.717, 1.165) is 28.7 Å². The third kappa shape index (κ3) is 3.06. The van der Waals surface area contributed by atoms with Gasteiger partial charge in [-0.1, -0.05) is 6.92 Å². The van der Waals surface area contributed by atoms with Gasteiger partial charge < -0.3 is 14.0 Å². The monoisotopic (exact) mass is 345 g/mol. The molecule has 136 valence electrons. The van der Waals surface area contributed by atoms with Gasteiger partial charge in [0.15, 0.2) is 0 Å². The third-order valence-electron chi connectivity index (χ3n) is 5.71. The van der Waals surface area contributed by atoms with Gasteiger partial charge in [0.25, 0.3) is 0 Å². The maximum absolute atomic E-state index is 12.1. The Morgan fingerprint density at radius 3 is 2.08 bits per heavy atom. The molecule has 2 fully saturated rings. The maximum atomic E-state index is 12.1. The van der Waals surface area contributed by atoms with Crippen LogP contribution in [0.5, 0.6) is 0 Å². The molecule has 1 amide bonds. The number of anilines is 1. The minimum Gasteiger partial charge on any atom is -0.444 e. The molecule has 0 bridgehead atoms. The summed E-state index contributed by atoms with van der Waals surface area (Å²) in [6, 6.07) is 4.04. The van der Waals surface area contributed by atoms with Crippen LogP contribution < -0.4 is 10.4 Å². The van der Waals surface area contributed by atoms with E-state index in [4.69, 9.17) is 14.0 Å². The van der Waals surface area contributed by atoms with E-state index < -0.39 is 7.12 Å². The lowest BCUT2D eigenvalue weighted by Crippen LogP contribution is -2.41. The van der Waals surface area contributed by atoms with Crippen LogP contribution in [-0.4, -0.2) is 37.1 Å². The first-order valence-electron chi connectivity index (χ1n) is 9.00. The minimum absolute atomic E-state index is 0.0316. The molecule has 0 N–H and O–H groups in total. The number of carbonyl (C=O) groups is 1. The van der Waals surface area contributed by atoms with Crippen molar-refractivity contribution in [2.45, 2.75) is 72.2 Å². The van der Waals surface area contributed by atoms with E-state index in [-0.39, 0.29) is 23.4 Å². The number of hydrogen-bond acceptors (Lipinski definition) is 4. The van der Waals surface area contributed by atoms with E-state index in [0.29, 0.717) is 6.54 Å². The first-order valence-corrected chi connectivity index (χ1v) is 9.00. The first kappa shape index (κ1) is 18.3. The third-order valence-corrected chi connectivity index (χ3v) is 5.71. The smallest absolute Gasteiger partial charge is 0.444 e. The van der Waals surface area contributed by atoms with Gasteiger partial charge in [-0.15, -0.1) is 0 Å². The van der Waals surface area contributed by atoms with Crippen LogP contribution in [0, 0.1) is 13.8 Å². The molecule has 0 aromatic heterocycles. The molecule has 2 aliphatic heterocycles. The van der Waals surface area contributed by atoms with E-state index in [2.05, 4.69) is 27.7 Å². The second kappa shape index (κ2) is 6.03. The van der Waals surface area contributed by atoms with Crippen molar-refractivity contribution in [1.29, 1.82) is 0 Å². The van der Waals surface area contributed by atoms with Crippen molar-refractivity contribution in [3.8, 4) is 0 Å². The Morgan fingerprint density at radius 1 is 1.12 bits per heavy atom. The Bertz CT molecular complexity index is 662. The molecule has 2 aliphatic rings. The highest BCUT2D eigenvalue weighted by molar-refractivity contribution is 6.63. The molecule has 1 unspecified atom stereocenters. The zero-order valence-electron chi connectivity index (χ0n) is 16.3. The average molecular weight is 345 g/mol. The highest BCUT2D eigenvalue weighted by Crippen LogP contribution is 2.37. The standard InChI is InChI=1S/C19H28BNO4/c1-8-15-11-21(17(22)23-15)14-9-12(2)16(13(3)10-14)20-24-18(4,5)19(6,7)25-20/h9-10,15H,8,11H2,1-7H3. The van der Waals surface area contributed by atoms with Gasteiger partial charge in [0.2, 0.25) is 0 Å². The fourth-order valence-corrected chi connectivity index (χ4v) is 3.39. The van der Waals surface area contributed by atoms with Gasteiger partial charge in [0.05, 0.1) is 17.7 Å². The molecule has 1 aromatic carbocycles. The summed E-state index contributed by atoms with van der Waals surface area (Å²) in [5.74, 6) is 0. The van der Waals surface area contributed by atoms with Crippen molar-refractivity contribution in [2.24, 2.45) is 0 Å². The van der Waals surface area contributed by atoms with E-state index >= 15 is 0 Å². The molecule has 3 rings (SSSR count). The van der Waals surface area contributed by atoms with Crippen LogP contribution in [0.25, 0.3) is 0 Å². The largest absolute Gasteiger partial charge is 0.495 e. The van der Waals surface area contributed by atoms with Crippen molar-refractivity contribution in [3.63, 3.8) is 0 Å². The molecular weight excluding hydrogens is 317 g/mol. The quantitative estimate of drug-likeness (QED) is 0.789. The fourth-order valence-electron chi connectivity index (χ4n) is 3.39.